The minimum Gasteiger partial charge on any atom is -0.396 e. The Bertz CT molecular complexity index is 957. The normalized spacial score (nSPS) is 28.5. The van der Waals surface area contributed by atoms with E-state index in [9.17, 15) is 19.0 Å². The molecule has 4 atom stereocenters. The van der Waals surface area contributed by atoms with Crippen molar-refractivity contribution < 1.29 is 19.0 Å². The molecule has 0 aromatic heterocycles. The highest BCUT2D eigenvalue weighted by Gasteiger charge is 2.46. The number of aliphatic hydroxyl groups excluding tert-OH is 2. The predicted molar refractivity (Wildman–Crippen MR) is 139 cm³/mol. The van der Waals surface area contributed by atoms with E-state index in [1.807, 2.05) is 0 Å². The van der Waals surface area contributed by atoms with Crippen molar-refractivity contribution in [2.75, 3.05) is 52.5 Å². The number of rotatable bonds is 8. The second-order valence-electron chi connectivity index (χ2n) is 9.76. The lowest BCUT2D eigenvalue weighted by Gasteiger charge is -2.30. The van der Waals surface area contributed by atoms with Crippen molar-refractivity contribution >= 4 is 0 Å². The van der Waals surface area contributed by atoms with E-state index < -0.39 is 11.1 Å². The molecule has 0 spiro atoms. The minimum atomic E-state index is -0.830. The van der Waals surface area contributed by atoms with Crippen molar-refractivity contribution in [2.45, 2.75) is 11.1 Å². The van der Waals surface area contributed by atoms with Gasteiger partial charge in [-0.2, -0.15) is 0 Å². The van der Waals surface area contributed by atoms with Gasteiger partial charge in [0.25, 0.3) is 0 Å². The molecule has 36 heavy (non-hydrogen) atoms. The van der Waals surface area contributed by atoms with Crippen LogP contribution in [0.3, 0.4) is 0 Å². The van der Waals surface area contributed by atoms with Crippen molar-refractivity contribution in [1.29, 1.82) is 0 Å². The standard InChI is InChI=1S/2C14H19FN2O/c2*1-2-7-17-8-11(9-18)14(16,10-17)12-5-3-4-6-13(12)15/h2*2-6,11,18H,1,7-10,16H2/t2*11-,14-/m00/s1. The third-order valence-corrected chi connectivity index (χ3v) is 7.35. The van der Waals surface area contributed by atoms with E-state index in [4.69, 9.17) is 11.5 Å². The summed E-state index contributed by atoms with van der Waals surface area (Å²) in [6.07, 6.45) is 3.59. The first-order chi connectivity index (χ1) is 17.2. The van der Waals surface area contributed by atoms with Gasteiger partial charge in [0.15, 0.2) is 0 Å². The zero-order valence-electron chi connectivity index (χ0n) is 20.7. The number of hydrogen-bond acceptors (Lipinski definition) is 6. The number of likely N-dealkylation sites (tertiary alicyclic amines) is 2. The summed E-state index contributed by atoms with van der Waals surface area (Å²) < 4.78 is 27.8. The molecule has 8 heteroatoms. The fraction of sp³-hybridized carbons (Fsp3) is 0.429. The quantitative estimate of drug-likeness (QED) is 0.415. The van der Waals surface area contributed by atoms with Crippen LogP contribution in [0, 0.1) is 23.5 Å². The second kappa shape index (κ2) is 12.2. The van der Waals surface area contributed by atoms with E-state index in [2.05, 4.69) is 23.0 Å². The predicted octanol–water partition coefficient (Wildman–Crippen LogP) is 2.18. The van der Waals surface area contributed by atoms with E-state index in [0.29, 0.717) is 50.4 Å². The Balaban J connectivity index is 0.000000201. The molecule has 6 nitrogen and oxygen atoms in total. The van der Waals surface area contributed by atoms with Crippen LogP contribution in [-0.4, -0.2) is 72.5 Å². The average Bonchev–Trinajstić information content (AvgIpc) is 3.37. The summed E-state index contributed by atoms with van der Waals surface area (Å²) in [5.41, 5.74) is 12.1. The number of benzene rings is 2. The monoisotopic (exact) mass is 500 g/mol. The van der Waals surface area contributed by atoms with Crippen LogP contribution in [0.1, 0.15) is 11.1 Å². The Kier molecular flexibility index (Phi) is 9.52. The van der Waals surface area contributed by atoms with Crippen molar-refractivity contribution in [2.24, 2.45) is 23.3 Å². The molecule has 6 N–H and O–H groups in total. The Hall–Kier alpha value is -2.46. The Morgan fingerprint density at radius 1 is 0.778 bits per heavy atom. The number of nitrogens with two attached hydrogens (primary N) is 2. The van der Waals surface area contributed by atoms with Gasteiger partial charge in [0, 0.05) is 75.4 Å². The van der Waals surface area contributed by atoms with Gasteiger partial charge in [0.1, 0.15) is 11.6 Å². The highest BCUT2D eigenvalue weighted by molar-refractivity contribution is 5.30. The van der Waals surface area contributed by atoms with Gasteiger partial charge in [0.05, 0.1) is 11.1 Å². The lowest BCUT2D eigenvalue weighted by Crippen LogP contribution is -2.46. The van der Waals surface area contributed by atoms with Gasteiger partial charge in [-0.1, -0.05) is 48.6 Å². The summed E-state index contributed by atoms with van der Waals surface area (Å²) in [6, 6.07) is 13.1. The Labute approximate surface area is 212 Å². The third-order valence-electron chi connectivity index (χ3n) is 7.35. The van der Waals surface area contributed by atoms with Crippen molar-refractivity contribution in [3.63, 3.8) is 0 Å². The van der Waals surface area contributed by atoms with Gasteiger partial charge in [-0.25, -0.2) is 8.78 Å². The van der Waals surface area contributed by atoms with Gasteiger partial charge >= 0.3 is 0 Å². The Morgan fingerprint density at radius 3 is 1.44 bits per heavy atom. The topological polar surface area (TPSA) is 99.0 Å². The zero-order valence-corrected chi connectivity index (χ0v) is 20.7. The average molecular weight is 501 g/mol. The largest absolute Gasteiger partial charge is 0.396 e. The molecule has 2 aromatic rings. The van der Waals surface area contributed by atoms with E-state index in [-0.39, 0.29) is 36.7 Å². The van der Waals surface area contributed by atoms with Crippen LogP contribution < -0.4 is 11.5 Å². The maximum absolute atomic E-state index is 13.9. The molecule has 0 saturated carbocycles. The van der Waals surface area contributed by atoms with Crippen molar-refractivity contribution in [3.05, 3.63) is 96.6 Å². The van der Waals surface area contributed by atoms with Gasteiger partial charge < -0.3 is 21.7 Å². The summed E-state index contributed by atoms with van der Waals surface area (Å²) in [4.78, 5) is 4.17. The van der Waals surface area contributed by atoms with E-state index >= 15 is 0 Å². The maximum atomic E-state index is 13.9. The molecule has 0 radical (unpaired) electrons. The number of hydrogen-bond donors (Lipinski definition) is 4. The third kappa shape index (κ3) is 5.75. The summed E-state index contributed by atoms with van der Waals surface area (Å²) in [5.74, 6) is -0.929. The van der Waals surface area contributed by atoms with Crippen LogP contribution in [0.2, 0.25) is 0 Å². The molecule has 2 aliphatic heterocycles. The molecule has 2 aliphatic rings. The maximum Gasteiger partial charge on any atom is 0.128 e. The van der Waals surface area contributed by atoms with E-state index in [1.54, 1.807) is 48.6 Å². The molecule has 0 unspecified atom stereocenters. The molecular weight excluding hydrogens is 462 g/mol. The first-order valence-electron chi connectivity index (χ1n) is 12.2. The summed E-state index contributed by atoms with van der Waals surface area (Å²) in [6.45, 7) is 11.1. The first-order valence-corrected chi connectivity index (χ1v) is 12.2. The fourth-order valence-corrected chi connectivity index (χ4v) is 5.45. The summed E-state index contributed by atoms with van der Waals surface area (Å²) in [7, 11) is 0. The molecule has 4 rings (SSSR count). The molecule has 196 valence electrons. The first kappa shape index (κ1) is 28.1. The molecule has 2 aromatic carbocycles. The van der Waals surface area contributed by atoms with Crippen LogP contribution in [0.5, 0.6) is 0 Å². The minimum absolute atomic E-state index is 0.0432. The van der Waals surface area contributed by atoms with Crippen LogP contribution in [-0.2, 0) is 11.1 Å². The molecule has 0 aliphatic carbocycles. The van der Waals surface area contributed by atoms with Gasteiger partial charge in [0.2, 0.25) is 0 Å². The fourth-order valence-electron chi connectivity index (χ4n) is 5.45. The van der Waals surface area contributed by atoms with Crippen LogP contribution in [0.4, 0.5) is 8.78 Å². The van der Waals surface area contributed by atoms with Gasteiger partial charge in [-0.15, -0.1) is 13.2 Å². The highest BCUT2D eigenvalue weighted by atomic mass is 19.1. The SMILES string of the molecule is C=CCN1C[C@@H](CO)[C@](N)(c2ccccc2F)C1.C=CCN1C[C@@H](CO)[C@](N)(c2ccccc2F)C1. The van der Waals surface area contributed by atoms with Crippen molar-refractivity contribution in [3.8, 4) is 0 Å². The van der Waals surface area contributed by atoms with Crippen LogP contribution >= 0.6 is 0 Å². The van der Waals surface area contributed by atoms with E-state index in [1.165, 1.54) is 12.1 Å². The van der Waals surface area contributed by atoms with Crippen molar-refractivity contribution in [1.82, 2.24) is 9.80 Å². The number of nitrogens with zero attached hydrogens (tertiary/aromatic N) is 2. The van der Waals surface area contributed by atoms with Gasteiger partial charge in [-0.05, 0) is 12.1 Å². The molecular formula is C28H38F2N4O2. The molecule has 2 heterocycles. The lowest BCUT2D eigenvalue weighted by molar-refractivity contribution is 0.183. The zero-order chi connectivity index (χ0) is 26.3. The molecule has 0 bridgehead atoms. The van der Waals surface area contributed by atoms with Gasteiger partial charge in [-0.3, -0.25) is 9.80 Å². The molecule has 2 fully saturated rings. The summed E-state index contributed by atoms with van der Waals surface area (Å²) in [5, 5.41) is 19.0. The highest BCUT2D eigenvalue weighted by Crippen LogP contribution is 2.36. The second-order valence-corrected chi connectivity index (χ2v) is 9.76. The summed E-state index contributed by atoms with van der Waals surface area (Å²) >= 11 is 0. The molecule has 2 saturated heterocycles. The lowest BCUT2D eigenvalue weighted by atomic mass is 9.81. The number of aliphatic hydroxyl groups is 2. The number of halogens is 2. The van der Waals surface area contributed by atoms with E-state index in [0.717, 1.165) is 0 Å². The smallest absolute Gasteiger partial charge is 0.128 e. The van der Waals surface area contributed by atoms with Crippen LogP contribution in [0.25, 0.3) is 0 Å². The Morgan fingerprint density at radius 2 is 1.14 bits per heavy atom. The molecule has 0 amide bonds. The van der Waals surface area contributed by atoms with Crippen LogP contribution in [0.15, 0.2) is 73.8 Å².